The summed E-state index contributed by atoms with van der Waals surface area (Å²) in [5, 5.41) is 3.36. The Balaban J connectivity index is 1.79. The van der Waals surface area contributed by atoms with E-state index in [0.29, 0.717) is 0 Å². The SMILES string of the molecule is CNC1CCC(C[n+]2ccoc2)CC1. The van der Waals surface area contributed by atoms with Gasteiger partial charge in [-0.3, -0.25) is 0 Å². The van der Waals surface area contributed by atoms with E-state index in [9.17, 15) is 0 Å². The Hall–Kier alpha value is -0.830. The Labute approximate surface area is 85.1 Å². The molecule has 0 bridgehead atoms. The lowest BCUT2D eigenvalue weighted by atomic mass is 9.86. The first-order valence-electron chi connectivity index (χ1n) is 5.47. The van der Waals surface area contributed by atoms with Gasteiger partial charge in [-0.2, -0.15) is 4.57 Å². The molecule has 0 aromatic carbocycles. The minimum absolute atomic E-state index is 0.751. The van der Waals surface area contributed by atoms with Gasteiger partial charge in [0.25, 0.3) is 0 Å². The number of hydrogen-bond acceptors (Lipinski definition) is 2. The van der Waals surface area contributed by atoms with Crippen LogP contribution in [0.15, 0.2) is 23.3 Å². The molecule has 1 N–H and O–H groups in total. The standard InChI is InChI=1S/C11H19N2O/c1-12-11-4-2-10(3-5-11)8-13-6-7-14-9-13/h6-7,9-12H,2-5,8H2,1H3/q+1. The van der Waals surface area contributed by atoms with Gasteiger partial charge in [-0.15, -0.1) is 0 Å². The van der Waals surface area contributed by atoms with Gasteiger partial charge >= 0.3 is 6.39 Å². The summed E-state index contributed by atoms with van der Waals surface area (Å²) in [7, 11) is 2.07. The third kappa shape index (κ3) is 2.35. The monoisotopic (exact) mass is 195 g/mol. The van der Waals surface area contributed by atoms with E-state index in [1.165, 1.54) is 25.7 Å². The molecule has 0 atom stereocenters. The van der Waals surface area contributed by atoms with Gasteiger partial charge in [0.15, 0.2) is 12.8 Å². The quantitative estimate of drug-likeness (QED) is 0.738. The fourth-order valence-corrected chi connectivity index (χ4v) is 2.30. The second-order valence-electron chi connectivity index (χ2n) is 4.23. The maximum Gasteiger partial charge on any atom is 0.334 e. The summed E-state index contributed by atoms with van der Waals surface area (Å²) in [6.45, 7) is 1.12. The molecule has 1 fully saturated rings. The van der Waals surface area contributed by atoms with E-state index in [1.807, 2.05) is 6.20 Å². The van der Waals surface area contributed by atoms with Crippen LogP contribution >= 0.6 is 0 Å². The molecule has 3 nitrogen and oxygen atoms in total. The van der Waals surface area contributed by atoms with Gasteiger partial charge in [0.05, 0.1) is 0 Å². The average molecular weight is 195 g/mol. The van der Waals surface area contributed by atoms with Crippen LogP contribution in [0.3, 0.4) is 0 Å². The molecular weight excluding hydrogens is 176 g/mol. The van der Waals surface area contributed by atoms with Crippen molar-refractivity contribution in [3.05, 3.63) is 18.9 Å². The Morgan fingerprint density at radius 3 is 2.71 bits per heavy atom. The maximum atomic E-state index is 5.05. The van der Waals surface area contributed by atoms with Gasteiger partial charge in [-0.1, -0.05) is 0 Å². The molecule has 1 heterocycles. The molecule has 14 heavy (non-hydrogen) atoms. The van der Waals surface area contributed by atoms with E-state index >= 15 is 0 Å². The summed E-state index contributed by atoms with van der Waals surface area (Å²) in [5.41, 5.74) is 0. The van der Waals surface area contributed by atoms with Crippen LogP contribution in [0.5, 0.6) is 0 Å². The predicted octanol–water partition coefficient (Wildman–Crippen LogP) is 1.35. The second-order valence-corrected chi connectivity index (χ2v) is 4.23. The summed E-state index contributed by atoms with van der Waals surface area (Å²) in [6, 6.07) is 0.751. The van der Waals surface area contributed by atoms with E-state index in [4.69, 9.17) is 4.42 Å². The summed E-state index contributed by atoms with van der Waals surface area (Å²) < 4.78 is 7.19. The zero-order chi connectivity index (χ0) is 9.80. The van der Waals surface area contributed by atoms with Crippen LogP contribution in [-0.4, -0.2) is 13.1 Å². The zero-order valence-corrected chi connectivity index (χ0v) is 8.78. The first-order chi connectivity index (χ1) is 6.88. The average Bonchev–Trinajstić information content (AvgIpc) is 2.72. The van der Waals surface area contributed by atoms with Crippen molar-refractivity contribution in [2.24, 2.45) is 5.92 Å². The van der Waals surface area contributed by atoms with E-state index in [2.05, 4.69) is 16.9 Å². The smallest absolute Gasteiger partial charge is 0.334 e. The highest BCUT2D eigenvalue weighted by Crippen LogP contribution is 2.24. The van der Waals surface area contributed by atoms with Gasteiger partial charge in [0.1, 0.15) is 0 Å². The molecule has 0 spiro atoms. The van der Waals surface area contributed by atoms with Crippen LogP contribution in [0.4, 0.5) is 0 Å². The van der Waals surface area contributed by atoms with Crippen molar-refractivity contribution in [3.8, 4) is 0 Å². The topological polar surface area (TPSA) is 29.1 Å². The van der Waals surface area contributed by atoms with Crippen molar-refractivity contribution in [1.82, 2.24) is 5.32 Å². The third-order valence-corrected chi connectivity index (χ3v) is 3.25. The normalized spacial score (nSPS) is 27.8. The number of oxazole rings is 1. The van der Waals surface area contributed by atoms with Gasteiger partial charge < -0.3 is 9.73 Å². The molecule has 0 saturated heterocycles. The Morgan fingerprint density at radius 1 is 1.36 bits per heavy atom. The van der Waals surface area contributed by atoms with Gasteiger partial charge in [0.2, 0.25) is 6.20 Å². The Kier molecular flexibility index (Phi) is 3.19. The lowest BCUT2D eigenvalue weighted by Crippen LogP contribution is -2.38. The molecule has 78 valence electrons. The summed E-state index contributed by atoms with van der Waals surface area (Å²) in [4.78, 5) is 0. The fourth-order valence-electron chi connectivity index (χ4n) is 2.30. The molecule has 1 aromatic heterocycles. The van der Waals surface area contributed by atoms with E-state index < -0.39 is 0 Å². The molecule has 3 heteroatoms. The molecule has 2 rings (SSSR count). The van der Waals surface area contributed by atoms with E-state index in [1.54, 1.807) is 12.7 Å². The Bertz CT molecular complexity index is 250. The molecule has 0 amide bonds. The van der Waals surface area contributed by atoms with Gasteiger partial charge in [-0.05, 0) is 32.7 Å². The summed E-state index contributed by atoms with van der Waals surface area (Å²) >= 11 is 0. The minimum atomic E-state index is 0.751. The first-order valence-corrected chi connectivity index (χ1v) is 5.47. The van der Waals surface area contributed by atoms with Crippen molar-refractivity contribution < 1.29 is 8.98 Å². The Morgan fingerprint density at radius 2 is 2.14 bits per heavy atom. The summed E-state index contributed by atoms with van der Waals surface area (Å²) in [6.07, 6.45) is 10.8. The van der Waals surface area contributed by atoms with Crippen LogP contribution in [0.1, 0.15) is 25.7 Å². The third-order valence-electron chi connectivity index (χ3n) is 3.25. The number of hydrogen-bond donors (Lipinski definition) is 1. The van der Waals surface area contributed by atoms with E-state index in [-0.39, 0.29) is 0 Å². The van der Waals surface area contributed by atoms with Gasteiger partial charge in [0, 0.05) is 12.0 Å². The molecular formula is C11H19N2O+. The van der Waals surface area contributed by atoms with Crippen LogP contribution in [-0.2, 0) is 6.54 Å². The number of nitrogens with zero attached hydrogens (tertiary/aromatic N) is 1. The van der Waals surface area contributed by atoms with E-state index in [0.717, 1.165) is 18.5 Å². The number of aromatic nitrogens is 1. The molecule has 1 saturated carbocycles. The lowest BCUT2D eigenvalue weighted by molar-refractivity contribution is -0.706. The van der Waals surface area contributed by atoms with Crippen molar-refractivity contribution >= 4 is 0 Å². The van der Waals surface area contributed by atoms with Gasteiger partial charge in [-0.25, -0.2) is 0 Å². The molecule has 1 aromatic rings. The maximum absolute atomic E-state index is 5.05. The molecule has 0 radical (unpaired) electrons. The minimum Gasteiger partial charge on any atom is -0.412 e. The van der Waals surface area contributed by atoms with Crippen LogP contribution in [0.25, 0.3) is 0 Å². The zero-order valence-electron chi connectivity index (χ0n) is 8.78. The molecule has 1 aliphatic rings. The molecule has 0 aliphatic heterocycles. The van der Waals surface area contributed by atoms with Crippen LogP contribution in [0.2, 0.25) is 0 Å². The first kappa shape index (κ1) is 9.71. The van der Waals surface area contributed by atoms with Crippen molar-refractivity contribution in [1.29, 1.82) is 0 Å². The van der Waals surface area contributed by atoms with Crippen molar-refractivity contribution in [2.75, 3.05) is 7.05 Å². The van der Waals surface area contributed by atoms with Crippen molar-refractivity contribution in [2.45, 2.75) is 38.3 Å². The molecule has 1 aliphatic carbocycles. The van der Waals surface area contributed by atoms with Crippen LogP contribution < -0.4 is 9.88 Å². The second kappa shape index (κ2) is 4.60. The lowest BCUT2D eigenvalue weighted by Gasteiger charge is -2.26. The van der Waals surface area contributed by atoms with Crippen LogP contribution in [0, 0.1) is 5.92 Å². The number of rotatable bonds is 3. The predicted molar refractivity (Wildman–Crippen MR) is 53.7 cm³/mol. The van der Waals surface area contributed by atoms with Crippen molar-refractivity contribution in [3.63, 3.8) is 0 Å². The summed E-state index contributed by atoms with van der Waals surface area (Å²) in [5.74, 6) is 0.835. The highest BCUT2D eigenvalue weighted by molar-refractivity contribution is 4.74. The number of nitrogens with one attached hydrogen (secondary N) is 1. The highest BCUT2D eigenvalue weighted by Gasteiger charge is 2.22. The highest BCUT2D eigenvalue weighted by atomic mass is 16.3. The molecule has 0 unspecified atom stereocenters. The fraction of sp³-hybridized carbons (Fsp3) is 0.727. The largest absolute Gasteiger partial charge is 0.412 e.